The molecule has 1 fully saturated rings. The van der Waals surface area contributed by atoms with Gasteiger partial charge in [-0.2, -0.15) is 0 Å². The van der Waals surface area contributed by atoms with Crippen LogP contribution in [0.15, 0.2) is 18.5 Å². The molecule has 0 atom stereocenters. The van der Waals surface area contributed by atoms with Gasteiger partial charge in [0.1, 0.15) is 0 Å². The number of H-pyrrole nitrogens is 1. The number of hydrogen-bond donors (Lipinski definition) is 1. The zero-order valence-corrected chi connectivity index (χ0v) is 12.7. The number of carbonyl (C=O) groups excluding carboxylic acids is 3. The molecule has 2 amide bonds. The van der Waals surface area contributed by atoms with E-state index in [1.807, 2.05) is 0 Å². The first-order valence-electron chi connectivity index (χ1n) is 7.38. The van der Waals surface area contributed by atoms with Gasteiger partial charge < -0.3 is 19.5 Å². The number of nitrogens with one attached hydrogen (secondary N) is 1. The van der Waals surface area contributed by atoms with Crippen molar-refractivity contribution >= 4 is 17.8 Å². The van der Waals surface area contributed by atoms with E-state index in [2.05, 4.69) is 9.72 Å². The van der Waals surface area contributed by atoms with Crippen molar-refractivity contribution in [1.29, 1.82) is 0 Å². The van der Waals surface area contributed by atoms with E-state index in [0.29, 0.717) is 31.7 Å². The lowest BCUT2D eigenvalue weighted by atomic mass is 10.2. The van der Waals surface area contributed by atoms with Gasteiger partial charge in [-0.3, -0.25) is 14.4 Å². The van der Waals surface area contributed by atoms with E-state index in [0.717, 1.165) is 6.42 Å². The van der Waals surface area contributed by atoms with Crippen molar-refractivity contribution in [3.63, 3.8) is 0 Å². The first-order valence-corrected chi connectivity index (χ1v) is 7.38. The molecule has 0 radical (unpaired) electrons. The molecule has 1 aromatic rings. The van der Waals surface area contributed by atoms with Crippen LogP contribution in [0.4, 0.5) is 0 Å². The fourth-order valence-electron chi connectivity index (χ4n) is 2.48. The van der Waals surface area contributed by atoms with Crippen LogP contribution in [0.3, 0.4) is 0 Å². The third kappa shape index (κ3) is 4.09. The molecule has 2 heterocycles. The quantitative estimate of drug-likeness (QED) is 0.828. The van der Waals surface area contributed by atoms with Gasteiger partial charge in [-0.15, -0.1) is 0 Å². The average molecular weight is 307 g/mol. The summed E-state index contributed by atoms with van der Waals surface area (Å²) in [5.74, 6) is -0.473. The lowest BCUT2D eigenvalue weighted by Gasteiger charge is -2.22. The molecule has 0 saturated carbocycles. The van der Waals surface area contributed by atoms with Gasteiger partial charge in [-0.25, -0.2) is 0 Å². The van der Waals surface area contributed by atoms with Crippen molar-refractivity contribution in [3.05, 3.63) is 24.0 Å². The van der Waals surface area contributed by atoms with Gasteiger partial charge in [0.15, 0.2) is 0 Å². The lowest BCUT2D eigenvalue weighted by Crippen LogP contribution is -2.37. The van der Waals surface area contributed by atoms with Crippen molar-refractivity contribution in [2.45, 2.75) is 19.3 Å². The van der Waals surface area contributed by atoms with Gasteiger partial charge in [-0.1, -0.05) is 0 Å². The predicted octanol–water partition coefficient (Wildman–Crippen LogP) is 0.642. The minimum atomic E-state index is -0.382. The number of ether oxygens (including phenoxy) is 1. The number of hydrogen-bond acceptors (Lipinski definition) is 4. The standard InChI is InChI=1S/C15H21N3O4/c1-22-14(20)4-3-13(19)17-7-2-8-18(10-9-17)15(21)12-5-6-16-11-12/h5-6,11,16H,2-4,7-10H2,1H3. The SMILES string of the molecule is COC(=O)CCC(=O)N1CCCN(C(=O)c2cc[nH]c2)CC1. The van der Waals surface area contributed by atoms with Crippen molar-refractivity contribution in [1.82, 2.24) is 14.8 Å². The van der Waals surface area contributed by atoms with E-state index < -0.39 is 0 Å². The monoisotopic (exact) mass is 307 g/mol. The number of aromatic nitrogens is 1. The Hall–Kier alpha value is -2.31. The summed E-state index contributed by atoms with van der Waals surface area (Å²) in [5, 5.41) is 0. The molecule has 7 heteroatoms. The molecule has 0 unspecified atom stereocenters. The molecule has 1 N–H and O–H groups in total. The summed E-state index contributed by atoms with van der Waals surface area (Å²) < 4.78 is 4.54. The van der Waals surface area contributed by atoms with E-state index in [9.17, 15) is 14.4 Å². The Morgan fingerprint density at radius 2 is 1.86 bits per heavy atom. The topological polar surface area (TPSA) is 82.7 Å². The van der Waals surface area contributed by atoms with Crippen LogP contribution < -0.4 is 0 Å². The van der Waals surface area contributed by atoms with Crippen LogP contribution in [0.25, 0.3) is 0 Å². The number of aromatic amines is 1. The van der Waals surface area contributed by atoms with E-state index in [1.165, 1.54) is 7.11 Å². The zero-order valence-electron chi connectivity index (χ0n) is 12.7. The number of rotatable bonds is 4. The molecule has 0 aromatic carbocycles. The Labute approximate surface area is 129 Å². The molecule has 120 valence electrons. The maximum atomic E-state index is 12.3. The van der Waals surface area contributed by atoms with E-state index >= 15 is 0 Å². The first-order chi connectivity index (χ1) is 10.6. The van der Waals surface area contributed by atoms with Crippen LogP contribution in [0.5, 0.6) is 0 Å². The third-order valence-corrected chi connectivity index (χ3v) is 3.75. The normalized spacial score (nSPS) is 15.3. The van der Waals surface area contributed by atoms with Gasteiger partial charge in [0.25, 0.3) is 5.91 Å². The summed E-state index contributed by atoms with van der Waals surface area (Å²) in [6.07, 6.45) is 4.37. The largest absolute Gasteiger partial charge is 0.469 e. The molecular formula is C15H21N3O4. The Kier molecular flexibility index (Phi) is 5.57. The van der Waals surface area contributed by atoms with Crippen molar-refractivity contribution in [3.8, 4) is 0 Å². The maximum Gasteiger partial charge on any atom is 0.306 e. The van der Waals surface area contributed by atoms with Crippen molar-refractivity contribution in [2.75, 3.05) is 33.3 Å². The Balaban J connectivity index is 1.85. The number of amides is 2. The maximum absolute atomic E-state index is 12.3. The van der Waals surface area contributed by atoms with Gasteiger partial charge in [0.05, 0.1) is 19.1 Å². The van der Waals surface area contributed by atoms with Gasteiger partial charge >= 0.3 is 5.97 Å². The molecule has 0 spiro atoms. The smallest absolute Gasteiger partial charge is 0.306 e. The summed E-state index contributed by atoms with van der Waals surface area (Å²) in [7, 11) is 1.31. The number of methoxy groups -OCH3 is 1. The van der Waals surface area contributed by atoms with Crippen LogP contribution in [0.2, 0.25) is 0 Å². The highest BCUT2D eigenvalue weighted by Crippen LogP contribution is 2.10. The highest BCUT2D eigenvalue weighted by molar-refractivity contribution is 5.94. The minimum Gasteiger partial charge on any atom is -0.469 e. The Morgan fingerprint density at radius 3 is 2.55 bits per heavy atom. The fourth-order valence-corrected chi connectivity index (χ4v) is 2.48. The van der Waals surface area contributed by atoms with Crippen LogP contribution in [0.1, 0.15) is 29.6 Å². The van der Waals surface area contributed by atoms with Crippen LogP contribution >= 0.6 is 0 Å². The second kappa shape index (κ2) is 7.63. The first kappa shape index (κ1) is 16.1. The van der Waals surface area contributed by atoms with Crippen molar-refractivity contribution < 1.29 is 19.1 Å². The number of nitrogens with zero attached hydrogens (tertiary/aromatic N) is 2. The molecular weight excluding hydrogens is 286 g/mol. The lowest BCUT2D eigenvalue weighted by molar-refractivity contribution is -0.143. The van der Waals surface area contributed by atoms with Crippen LogP contribution in [0, 0.1) is 0 Å². The Morgan fingerprint density at radius 1 is 1.14 bits per heavy atom. The summed E-state index contributed by atoms with van der Waals surface area (Å²) in [6.45, 7) is 2.24. The van der Waals surface area contributed by atoms with Crippen molar-refractivity contribution in [2.24, 2.45) is 0 Å². The number of carbonyl (C=O) groups is 3. The molecule has 7 nitrogen and oxygen atoms in total. The molecule has 1 saturated heterocycles. The molecule has 2 rings (SSSR count). The fraction of sp³-hybridized carbons (Fsp3) is 0.533. The van der Waals surface area contributed by atoms with Gasteiger partial charge in [0, 0.05) is 45.0 Å². The van der Waals surface area contributed by atoms with E-state index in [1.54, 1.807) is 28.3 Å². The van der Waals surface area contributed by atoms with E-state index in [4.69, 9.17) is 0 Å². The summed E-state index contributed by atoms with van der Waals surface area (Å²) in [6, 6.07) is 1.74. The second-order valence-corrected chi connectivity index (χ2v) is 5.20. The van der Waals surface area contributed by atoms with E-state index in [-0.39, 0.29) is 30.6 Å². The molecule has 1 aliphatic rings. The summed E-state index contributed by atoms with van der Waals surface area (Å²) in [4.78, 5) is 41.8. The summed E-state index contributed by atoms with van der Waals surface area (Å²) in [5.41, 5.74) is 0.630. The Bertz CT molecular complexity index is 527. The summed E-state index contributed by atoms with van der Waals surface area (Å²) >= 11 is 0. The number of esters is 1. The highest BCUT2D eigenvalue weighted by Gasteiger charge is 2.23. The molecule has 0 bridgehead atoms. The molecule has 22 heavy (non-hydrogen) atoms. The minimum absolute atomic E-state index is 0.0230. The predicted molar refractivity (Wildman–Crippen MR) is 79.1 cm³/mol. The molecule has 0 aliphatic carbocycles. The van der Waals surface area contributed by atoms with Crippen LogP contribution in [-0.2, 0) is 14.3 Å². The zero-order chi connectivity index (χ0) is 15.9. The van der Waals surface area contributed by atoms with Crippen LogP contribution in [-0.4, -0.2) is 65.9 Å². The van der Waals surface area contributed by atoms with Gasteiger partial charge in [-0.05, 0) is 12.5 Å². The third-order valence-electron chi connectivity index (χ3n) is 3.75. The average Bonchev–Trinajstić information content (AvgIpc) is 2.96. The second-order valence-electron chi connectivity index (χ2n) is 5.20. The van der Waals surface area contributed by atoms with Gasteiger partial charge in [0.2, 0.25) is 5.91 Å². The molecule has 1 aromatic heterocycles. The highest BCUT2D eigenvalue weighted by atomic mass is 16.5. The molecule has 1 aliphatic heterocycles.